The highest BCUT2D eigenvalue weighted by atomic mass is 32.2. The van der Waals surface area contributed by atoms with Crippen LogP contribution in [0, 0.1) is 5.41 Å². The molecule has 1 nitrogen and oxygen atoms in total. The van der Waals surface area contributed by atoms with E-state index in [1.807, 2.05) is 0 Å². The molecule has 0 aliphatic heterocycles. The summed E-state index contributed by atoms with van der Waals surface area (Å²) in [6, 6.07) is 0. The van der Waals surface area contributed by atoms with Gasteiger partial charge in [-0.15, -0.1) is 0 Å². The molecular formula is C8H17NS. The molecule has 0 unspecified atom stereocenters. The highest BCUT2D eigenvalue weighted by Gasteiger charge is 2.40. The second-order valence-corrected chi connectivity index (χ2v) is 4.36. The third-order valence-electron chi connectivity index (χ3n) is 2.15. The van der Waals surface area contributed by atoms with E-state index in [2.05, 4.69) is 18.7 Å². The van der Waals surface area contributed by atoms with Gasteiger partial charge < -0.3 is 5.73 Å². The molecule has 1 fully saturated rings. The van der Waals surface area contributed by atoms with Gasteiger partial charge in [-0.1, -0.05) is 6.92 Å². The number of hydrogen-bond acceptors (Lipinski definition) is 2. The fourth-order valence-electron chi connectivity index (χ4n) is 1.02. The molecule has 0 amide bonds. The van der Waals surface area contributed by atoms with Crippen molar-refractivity contribution >= 4 is 11.8 Å². The fourth-order valence-corrected chi connectivity index (χ4v) is 2.29. The van der Waals surface area contributed by atoms with Crippen molar-refractivity contribution in [2.45, 2.75) is 26.2 Å². The van der Waals surface area contributed by atoms with Crippen molar-refractivity contribution in [3.63, 3.8) is 0 Å². The lowest BCUT2D eigenvalue weighted by atomic mass is 10.1. The van der Waals surface area contributed by atoms with Crippen LogP contribution in [0.3, 0.4) is 0 Å². The third kappa shape index (κ3) is 2.17. The minimum atomic E-state index is 0.583. The van der Waals surface area contributed by atoms with Gasteiger partial charge in [-0.05, 0) is 37.0 Å². The standard InChI is InChI=1S/C8H17NS/c1-2-5-10-7-8(6-9)3-4-8/h2-7,9H2,1H3. The highest BCUT2D eigenvalue weighted by molar-refractivity contribution is 7.99. The number of hydrogen-bond donors (Lipinski definition) is 1. The van der Waals surface area contributed by atoms with E-state index in [0.29, 0.717) is 5.41 Å². The van der Waals surface area contributed by atoms with Crippen LogP contribution in [0.4, 0.5) is 0 Å². The molecular weight excluding hydrogens is 142 g/mol. The smallest absolute Gasteiger partial charge is 0.000127 e. The topological polar surface area (TPSA) is 26.0 Å². The summed E-state index contributed by atoms with van der Waals surface area (Å²) in [5, 5.41) is 0. The molecule has 1 aliphatic carbocycles. The zero-order chi connectivity index (χ0) is 7.45. The van der Waals surface area contributed by atoms with Crippen LogP contribution in [0.25, 0.3) is 0 Å². The largest absolute Gasteiger partial charge is 0.330 e. The lowest BCUT2D eigenvalue weighted by Crippen LogP contribution is -2.17. The lowest BCUT2D eigenvalue weighted by molar-refractivity contribution is 0.600. The van der Waals surface area contributed by atoms with E-state index in [9.17, 15) is 0 Å². The molecule has 0 heterocycles. The zero-order valence-electron chi connectivity index (χ0n) is 6.73. The normalized spacial score (nSPS) is 21.0. The van der Waals surface area contributed by atoms with Gasteiger partial charge in [0.15, 0.2) is 0 Å². The van der Waals surface area contributed by atoms with Crippen molar-refractivity contribution in [3.05, 3.63) is 0 Å². The molecule has 0 bridgehead atoms. The van der Waals surface area contributed by atoms with Crippen molar-refractivity contribution < 1.29 is 0 Å². The Kier molecular flexibility index (Phi) is 3.05. The molecule has 1 rings (SSSR count). The molecule has 0 aromatic carbocycles. The molecule has 0 saturated heterocycles. The molecule has 10 heavy (non-hydrogen) atoms. The monoisotopic (exact) mass is 159 g/mol. The van der Waals surface area contributed by atoms with Crippen LogP contribution < -0.4 is 5.73 Å². The Hall–Kier alpha value is 0.310. The van der Waals surface area contributed by atoms with Crippen molar-refractivity contribution in [2.75, 3.05) is 18.1 Å². The van der Waals surface area contributed by atoms with Gasteiger partial charge in [0.1, 0.15) is 0 Å². The van der Waals surface area contributed by atoms with Crippen molar-refractivity contribution in [2.24, 2.45) is 11.1 Å². The van der Waals surface area contributed by atoms with Crippen LogP contribution in [0.5, 0.6) is 0 Å². The predicted octanol–water partition coefficient (Wildman–Crippen LogP) is 1.87. The Morgan fingerprint density at radius 3 is 2.60 bits per heavy atom. The first-order valence-corrected chi connectivity index (χ1v) is 5.26. The summed E-state index contributed by atoms with van der Waals surface area (Å²) in [5.74, 6) is 2.61. The molecule has 0 spiro atoms. The van der Waals surface area contributed by atoms with Gasteiger partial charge >= 0.3 is 0 Å². The second-order valence-electron chi connectivity index (χ2n) is 3.26. The average molecular weight is 159 g/mol. The van der Waals surface area contributed by atoms with E-state index in [0.717, 1.165) is 6.54 Å². The fraction of sp³-hybridized carbons (Fsp3) is 1.00. The molecule has 2 N–H and O–H groups in total. The van der Waals surface area contributed by atoms with Crippen molar-refractivity contribution in [3.8, 4) is 0 Å². The minimum Gasteiger partial charge on any atom is -0.330 e. The van der Waals surface area contributed by atoms with Gasteiger partial charge in [0.2, 0.25) is 0 Å². The Balaban J connectivity index is 2.01. The number of rotatable bonds is 5. The molecule has 0 aromatic rings. The summed E-state index contributed by atoms with van der Waals surface area (Å²) in [4.78, 5) is 0. The summed E-state index contributed by atoms with van der Waals surface area (Å²) in [5.41, 5.74) is 6.22. The van der Waals surface area contributed by atoms with Gasteiger partial charge in [0, 0.05) is 5.75 Å². The van der Waals surface area contributed by atoms with Crippen LogP contribution >= 0.6 is 11.8 Å². The molecule has 0 aromatic heterocycles. The average Bonchev–Trinajstić information content (AvgIpc) is 2.70. The Morgan fingerprint density at radius 2 is 2.20 bits per heavy atom. The van der Waals surface area contributed by atoms with Gasteiger partial charge in [0.05, 0.1) is 0 Å². The summed E-state index contributed by atoms with van der Waals surface area (Å²) < 4.78 is 0. The molecule has 0 atom stereocenters. The van der Waals surface area contributed by atoms with Gasteiger partial charge in [-0.25, -0.2) is 0 Å². The lowest BCUT2D eigenvalue weighted by Gasteiger charge is -2.09. The van der Waals surface area contributed by atoms with Crippen LogP contribution in [-0.4, -0.2) is 18.1 Å². The third-order valence-corrected chi connectivity index (χ3v) is 3.66. The first kappa shape index (κ1) is 8.41. The van der Waals surface area contributed by atoms with Crippen LogP contribution in [0.1, 0.15) is 26.2 Å². The van der Waals surface area contributed by atoms with Crippen molar-refractivity contribution in [1.82, 2.24) is 0 Å². The van der Waals surface area contributed by atoms with Crippen LogP contribution in [-0.2, 0) is 0 Å². The molecule has 1 aliphatic rings. The first-order chi connectivity index (χ1) is 4.83. The number of thioether (sulfide) groups is 1. The van der Waals surface area contributed by atoms with Gasteiger partial charge in [-0.3, -0.25) is 0 Å². The summed E-state index contributed by atoms with van der Waals surface area (Å²) in [6.07, 6.45) is 4.05. The van der Waals surface area contributed by atoms with Crippen LogP contribution in [0.15, 0.2) is 0 Å². The maximum atomic E-state index is 5.64. The van der Waals surface area contributed by atoms with Crippen LogP contribution in [0.2, 0.25) is 0 Å². The Morgan fingerprint density at radius 1 is 1.50 bits per heavy atom. The minimum absolute atomic E-state index is 0.583. The van der Waals surface area contributed by atoms with Gasteiger partial charge in [0.25, 0.3) is 0 Å². The van der Waals surface area contributed by atoms with E-state index in [-0.39, 0.29) is 0 Å². The van der Waals surface area contributed by atoms with Gasteiger partial charge in [-0.2, -0.15) is 11.8 Å². The maximum Gasteiger partial charge on any atom is 0.000127 e. The maximum absolute atomic E-state index is 5.64. The predicted molar refractivity (Wildman–Crippen MR) is 48.3 cm³/mol. The van der Waals surface area contributed by atoms with E-state index in [4.69, 9.17) is 5.73 Å². The Labute approximate surface area is 67.8 Å². The van der Waals surface area contributed by atoms with Crippen molar-refractivity contribution in [1.29, 1.82) is 0 Å². The quantitative estimate of drug-likeness (QED) is 0.620. The van der Waals surface area contributed by atoms with E-state index < -0.39 is 0 Å². The second kappa shape index (κ2) is 3.63. The first-order valence-electron chi connectivity index (χ1n) is 4.11. The number of nitrogens with two attached hydrogens (primary N) is 1. The summed E-state index contributed by atoms with van der Waals surface area (Å²) in [6.45, 7) is 3.14. The molecule has 1 saturated carbocycles. The molecule has 2 heteroatoms. The zero-order valence-corrected chi connectivity index (χ0v) is 7.54. The highest BCUT2D eigenvalue weighted by Crippen LogP contribution is 2.46. The van der Waals surface area contributed by atoms with E-state index in [1.54, 1.807) is 0 Å². The SMILES string of the molecule is CCCSCC1(CN)CC1. The summed E-state index contributed by atoms with van der Waals surface area (Å²) >= 11 is 2.07. The molecule has 60 valence electrons. The Bertz CT molecular complexity index is 99.4. The molecule has 0 radical (unpaired) electrons. The van der Waals surface area contributed by atoms with E-state index in [1.165, 1.54) is 30.8 Å². The summed E-state index contributed by atoms with van der Waals surface area (Å²) in [7, 11) is 0. The van der Waals surface area contributed by atoms with E-state index >= 15 is 0 Å².